The van der Waals surface area contributed by atoms with Gasteiger partial charge in [0, 0.05) is 11.6 Å². The van der Waals surface area contributed by atoms with Gasteiger partial charge in [0.15, 0.2) is 0 Å². The lowest BCUT2D eigenvalue weighted by molar-refractivity contribution is -0.140. The fourth-order valence-electron chi connectivity index (χ4n) is 1.68. The van der Waals surface area contributed by atoms with E-state index in [0.29, 0.717) is 12.2 Å². The minimum Gasteiger partial charge on any atom is -0.463 e. The summed E-state index contributed by atoms with van der Waals surface area (Å²) in [6, 6.07) is 0. The van der Waals surface area contributed by atoms with Crippen LogP contribution in [0.2, 0.25) is 0 Å². The molecule has 24 heavy (non-hydrogen) atoms. The van der Waals surface area contributed by atoms with Gasteiger partial charge in [-0.2, -0.15) is 0 Å². The largest absolute Gasteiger partial charge is 0.463 e. The van der Waals surface area contributed by atoms with E-state index in [4.69, 9.17) is 9.84 Å². The standard InChI is InChI=1S/C13H24O2.C6H10O3/c1-4-13(14)15-11-9-7-5-6-8-10-12(2)3;1-5(2)6(8)9-4-3-7/h4,12H,1,5-11H2,2-3H3;7H,1,3-4H2,2H3. The van der Waals surface area contributed by atoms with Gasteiger partial charge < -0.3 is 14.6 Å². The summed E-state index contributed by atoms with van der Waals surface area (Å²) < 4.78 is 9.34. The van der Waals surface area contributed by atoms with Crippen LogP contribution >= 0.6 is 0 Å². The molecule has 0 bridgehead atoms. The van der Waals surface area contributed by atoms with Crippen LogP contribution in [0.1, 0.15) is 59.3 Å². The van der Waals surface area contributed by atoms with Gasteiger partial charge >= 0.3 is 11.9 Å². The average Bonchev–Trinajstić information content (AvgIpc) is 2.54. The first kappa shape index (κ1) is 24.6. The Morgan fingerprint density at radius 3 is 2.12 bits per heavy atom. The first-order chi connectivity index (χ1) is 11.3. The van der Waals surface area contributed by atoms with E-state index in [2.05, 4.69) is 31.7 Å². The van der Waals surface area contributed by atoms with Crippen molar-refractivity contribution in [3.63, 3.8) is 0 Å². The molecule has 0 rings (SSSR count). The summed E-state index contributed by atoms with van der Waals surface area (Å²) in [6.07, 6.45) is 8.54. The number of unbranched alkanes of at least 4 members (excludes halogenated alkanes) is 4. The second-order valence-electron chi connectivity index (χ2n) is 5.96. The molecule has 0 amide bonds. The number of carbonyl (C=O) groups is 2. The molecule has 5 heteroatoms. The fourth-order valence-corrected chi connectivity index (χ4v) is 1.68. The molecule has 0 fully saturated rings. The van der Waals surface area contributed by atoms with Gasteiger partial charge in [-0.1, -0.05) is 59.1 Å². The van der Waals surface area contributed by atoms with Gasteiger partial charge in [0.05, 0.1) is 13.2 Å². The van der Waals surface area contributed by atoms with Crippen molar-refractivity contribution in [2.75, 3.05) is 19.8 Å². The monoisotopic (exact) mass is 342 g/mol. The molecule has 5 nitrogen and oxygen atoms in total. The lowest BCUT2D eigenvalue weighted by Crippen LogP contribution is -2.08. The fraction of sp³-hybridized carbons (Fsp3) is 0.684. The van der Waals surface area contributed by atoms with E-state index in [1.807, 2.05) is 0 Å². The van der Waals surface area contributed by atoms with Gasteiger partial charge in [-0.15, -0.1) is 0 Å². The molecule has 0 aromatic heterocycles. The zero-order chi connectivity index (χ0) is 18.8. The Labute approximate surface area is 146 Å². The lowest BCUT2D eigenvalue weighted by Gasteiger charge is -2.04. The molecule has 140 valence electrons. The molecule has 0 atom stereocenters. The molecule has 0 unspecified atom stereocenters. The van der Waals surface area contributed by atoms with Crippen molar-refractivity contribution in [2.24, 2.45) is 5.92 Å². The third-order valence-electron chi connectivity index (χ3n) is 3.01. The van der Waals surface area contributed by atoms with Crippen molar-refractivity contribution in [1.29, 1.82) is 0 Å². The zero-order valence-corrected chi connectivity index (χ0v) is 15.5. The summed E-state index contributed by atoms with van der Waals surface area (Å²) in [5.41, 5.74) is 0.350. The molecular formula is C19H34O5. The first-order valence-electron chi connectivity index (χ1n) is 8.57. The smallest absolute Gasteiger partial charge is 0.333 e. The summed E-state index contributed by atoms with van der Waals surface area (Å²) in [4.78, 5) is 21.2. The molecule has 0 aliphatic rings. The molecule has 0 saturated carbocycles. The van der Waals surface area contributed by atoms with Crippen LogP contribution < -0.4 is 0 Å². The van der Waals surface area contributed by atoms with Crippen LogP contribution in [0.25, 0.3) is 0 Å². The number of ether oxygens (including phenoxy) is 2. The number of aliphatic hydroxyl groups excluding tert-OH is 1. The predicted molar refractivity (Wildman–Crippen MR) is 96.6 cm³/mol. The molecule has 0 saturated heterocycles. The van der Waals surface area contributed by atoms with E-state index in [1.54, 1.807) is 6.92 Å². The highest BCUT2D eigenvalue weighted by molar-refractivity contribution is 5.86. The number of aliphatic hydroxyl groups is 1. The topological polar surface area (TPSA) is 72.8 Å². The van der Waals surface area contributed by atoms with Crippen LogP contribution in [0.5, 0.6) is 0 Å². The normalized spacial score (nSPS) is 9.71. The zero-order valence-electron chi connectivity index (χ0n) is 15.5. The maximum Gasteiger partial charge on any atom is 0.333 e. The Morgan fingerprint density at radius 1 is 1.04 bits per heavy atom. The molecule has 0 heterocycles. The Hall–Kier alpha value is -1.62. The maximum atomic E-state index is 10.7. The van der Waals surface area contributed by atoms with Crippen LogP contribution in [-0.2, 0) is 19.1 Å². The summed E-state index contributed by atoms with van der Waals surface area (Å²) >= 11 is 0. The van der Waals surface area contributed by atoms with Crippen LogP contribution in [0.3, 0.4) is 0 Å². The third-order valence-corrected chi connectivity index (χ3v) is 3.01. The highest BCUT2D eigenvalue weighted by Crippen LogP contribution is 2.10. The Bertz CT molecular complexity index is 361. The van der Waals surface area contributed by atoms with Gasteiger partial charge in [-0.3, -0.25) is 0 Å². The molecule has 0 radical (unpaired) electrons. The Kier molecular flexibility index (Phi) is 18.2. The van der Waals surface area contributed by atoms with Crippen molar-refractivity contribution in [3.05, 3.63) is 24.8 Å². The van der Waals surface area contributed by atoms with Crippen LogP contribution in [0, 0.1) is 5.92 Å². The number of carbonyl (C=O) groups excluding carboxylic acids is 2. The van der Waals surface area contributed by atoms with E-state index in [9.17, 15) is 9.59 Å². The number of rotatable bonds is 12. The van der Waals surface area contributed by atoms with E-state index in [-0.39, 0.29) is 19.2 Å². The second-order valence-corrected chi connectivity index (χ2v) is 5.96. The summed E-state index contributed by atoms with van der Waals surface area (Å²) in [5.74, 6) is 0.0532. The van der Waals surface area contributed by atoms with Crippen molar-refractivity contribution in [2.45, 2.75) is 59.3 Å². The van der Waals surface area contributed by atoms with Gasteiger partial charge in [0.25, 0.3) is 0 Å². The number of hydrogen-bond acceptors (Lipinski definition) is 5. The van der Waals surface area contributed by atoms with Crippen molar-refractivity contribution in [3.8, 4) is 0 Å². The molecule has 0 aromatic carbocycles. The summed E-state index contributed by atoms with van der Waals surface area (Å²) in [7, 11) is 0. The third kappa shape index (κ3) is 20.4. The Morgan fingerprint density at radius 2 is 1.62 bits per heavy atom. The minimum atomic E-state index is -0.455. The predicted octanol–water partition coefficient (Wildman–Crippen LogP) is 3.81. The Balaban J connectivity index is 0. The van der Waals surface area contributed by atoms with E-state index < -0.39 is 5.97 Å². The summed E-state index contributed by atoms with van der Waals surface area (Å²) in [5, 5.41) is 8.19. The molecule has 0 aliphatic heterocycles. The van der Waals surface area contributed by atoms with E-state index in [1.165, 1.54) is 31.8 Å². The maximum absolute atomic E-state index is 10.7. The first-order valence-corrected chi connectivity index (χ1v) is 8.57. The highest BCUT2D eigenvalue weighted by Gasteiger charge is 2.00. The van der Waals surface area contributed by atoms with Gasteiger partial charge in [-0.05, 0) is 19.3 Å². The van der Waals surface area contributed by atoms with Gasteiger partial charge in [0.1, 0.15) is 6.61 Å². The second kappa shape index (κ2) is 17.7. The van der Waals surface area contributed by atoms with Gasteiger partial charge in [-0.25, -0.2) is 9.59 Å². The average molecular weight is 342 g/mol. The molecule has 1 N–H and O–H groups in total. The molecule has 0 aliphatic carbocycles. The van der Waals surface area contributed by atoms with Gasteiger partial charge in [0.2, 0.25) is 0 Å². The van der Waals surface area contributed by atoms with E-state index >= 15 is 0 Å². The molecular weight excluding hydrogens is 308 g/mol. The lowest BCUT2D eigenvalue weighted by atomic mass is 10.0. The number of esters is 2. The number of hydrogen-bond donors (Lipinski definition) is 1. The highest BCUT2D eigenvalue weighted by atomic mass is 16.5. The van der Waals surface area contributed by atoms with Crippen LogP contribution in [0.15, 0.2) is 24.8 Å². The molecule has 0 spiro atoms. The van der Waals surface area contributed by atoms with E-state index in [0.717, 1.165) is 18.8 Å². The quantitative estimate of drug-likeness (QED) is 0.332. The van der Waals surface area contributed by atoms with Crippen molar-refractivity contribution in [1.82, 2.24) is 0 Å². The summed E-state index contributed by atoms with van der Waals surface area (Å²) in [6.45, 7) is 13.2. The van der Waals surface area contributed by atoms with Crippen molar-refractivity contribution < 1.29 is 24.2 Å². The molecule has 0 aromatic rings. The van der Waals surface area contributed by atoms with Crippen LogP contribution in [-0.4, -0.2) is 36.9 Å². The minimum absolute atomic E-state index is 0.0473. The van der Waals surface area contributed by atoms with Crippen molar-refractivity contribution >= 4 is 11.9 Å². The van der Waals surface area contributed by atoms with Crippen LogP contribution in [0.4, 0.5) is 0 Å². The SMILES string of the molecule is C=C(C)C(=O)OCCO.C=CC(=O)OCCCCCCCC(C)C.